The molecule has 0 saturated carbocycles. The first-order chi connectivity index (χ1) is 7.88. The average Bonchev–Trinajstić information content (AvgIpc) is 2.21. The van der Waals surface area contributed by atoms with Crippen LogP contribution in [0.3, 0.4) is 0 Å². The third-order valence-electron chi connectivity index (χ3n) is 2.75. The van der Waals surface area contributed by atoms with Gasteiger partial charge >= 0.3 is 0 Å². The number of thioether (sulfide) groups is 1. The average molecular weight is 331 g/mol. The molecule has 1 aromatic carbocycles. The number of halogens is 4. The molecule has 0 radical (unpaired) electrons. The van der Waals surface area contributed by atoms with Gasteiger partial charge in [-0.25, -0.2) is 0 Å². The largest absolute Gasteiger partial charge is 0.312 e. The monoisotopic (exact) mass is 329 g/mol. The van der Waals surface area contributed by atoms with E-state index in [9.17, 15) is 0 Å². The van der Waals surface area contributed by atoms with Crippen LogP contribution in [0.15, 0.2) is 17.0 Å². The van der Waals surface area contributed by atoms with Crippen molar-refractivity contribution in [1.82, 2.24) is 5.32 Å². The van der Waals surface area contributed by atoms with Gasteiger partial charge in [0, 0.05) is 18.0 Å². The Kier molecular flexibility index (Phi) is 4.45. The maximum Gasteiger partial charge on any atom is 0.241 e. The van der Waals surface area contributed by atoms with Crippen LogP contribution in [0.25, 0.3) is 0 Å². The fourth-order valence-electron chi connectivity index (χ4n) is 1.98. The molecule has 0 aliphatic carbocycles. The molecule has 1 heterocycles. The minimum atomic E-state index is -1.38. The Balaban J connectivity index is 2.39. The molecular weight excluding hydrogens is 320 g/mol. The van der Waals surface area contributed by atoms with E-state index in [0.29, 0.717) is 10.9 Å². The van der Waals surface area contributed by atoms with Crippen LogP contribution in [0, 0.1) is 0 Å². The van der Waals surface area contributed by atoms with E-state index in [4.69, 9.17) is 46.4 Å². The summed E-state index contributed by atoms with van der Waals surface area (Å²) in [5, 5.41) is 4.02. The maximum absolute atomic E-state index is 6.36. The summed E-state index contributed by atoms with van der Waals surface area (Å²) in [5.41, 5.74) is 2.40. The number of nitrogens with one attached hydrogen (secondary N) is 1. The van der Waals surface area contributed by atoms with E-state index in [1.165, 1.54) is 5.56 Å². The summed E-state index contributed by atoms with van der Waals surface area (Å²) >= 11 is 24.8. The van der Waals surface area contributed by atoms with E-state index in [2.05, 4.69) is 18.3 Å². The Morgan fingerprint density at radius 2 is 2.06 bits per heavy atom. The van der Waals surface area contributed by atoms with E-state index in [1.807, 2.05) is 6.07 Å². The van der Waals surface area contributed by atoms with Crippen LogP contribution in [-0.4, -0.2) is 9.67 Å². The van der Waals surface area contributed by atoms with Gasteiger partial charge in [-0.2, -0.15) is 0 Å². The van der Waals surface area contributed by atoms with Crippen molar-refractivity contribution < 1.29 is 0 Å². The lowest BCUT2D eigenvalue weighted by Crippen LogP contribution is -2.27. The topological polar surface area (TPSA) is 12.0 Å². The fraction of sp³-hybridized carbons (Fsp3) is 0.455. The molecule has 1 aromatic rings. The summed E-state index contributed by atoms with van der Waals surface area (Å²) in [6.07, 6.45) is 0. The summed E-state index contributed by atoms with van der Waals surface area (Å²) < 4.78 is -1.38. The zero-order chi connectivity index (χ0) is 12.6. The van der Waals surface area contributed by atoms with Crippen LogP contribution in [0.5, 0.6) is 0 Å². The van der Waals surface area contributed by atoms with Gasteiger partial charge in [0.1, 0.15) is 0 Å². The Bertz CT molecular complexity index is 430. The molecule has 1 aliphatic rings. The standard InChI is InChI=1S/C11H11Cl4NS/c1-6-4-16-5-8-7(6)2-3-9(10(8)12)17-11(13,14)15/h2-3,6,16H,4-5H2,1H3. The van der Waals surface area contributed by atoms with E-state index in [-0.39, 0.29) is 0 Å². The van der Waals surface area contributed by atoms with Gasteiger partial charge in [0.05, 0.1) is 5.02 Å². The molecule has 0 fully saturated rings. The van der Waals surface area contributed by atoms with Crippen LogP contribution in [0.1, 0.15) is 24.0 Å². The maximum atomic E-state index is 6.36. The highest BCUT2D eigenvalue weighted by molar-refractivity contribution is 8.04. The van der Waals surface area contributed by atoms with Gasteiger partial charge in [-0.1, -0.05) is 71.2 Å². The molecule has 2 rings (SSSR count). The number of rotatable bonds is 1. The quantitative estimate of drug-likeness (QED) is 0.576. The van der Waals surface area contributed by atoms with Gasteiger partial charge in [0.25, 0.3) is 0 Å². The lowest BCUT2D eigenvalue weighted by molar-refractivity contribution is 0.570. The van der Waals surface area contributed by atoms with Gasteiger partial charge < -0.3 is 5.32 Å². The zero-order valence-electron chi connectivity index (χ0n) is 9.07. The fourth-order valence-corrected chi connectivity index (χ4v) is 3.68. The van der Waals surface area contributed by atoms with E-state index in [1.54, 1.807) is 0 Å². The van der Waals surface area contributed by atoms with Crippen molar-refractivity contribution in [3.05, 3.63) is 28.3 Å². The molecule has 1 unspecified atom stereocenters. The number of alkyl halides is 3. The minimum Gasteiger partial charge on any atom is -0.312 e. The highest BCUT2D eigenvalue weighted by Crippen LogP contribution is 2.47. The number of benzene rings is 1. The molecule has 1 nitrogen and oxygen atoms in total. The van der Waals surface area contributed by atoms with Gasteiger partial charge in [0.2, 0.25) is 3.12 Å². The van der Waals surface area contributed by atoms with E-state index >= 15 is 0 Å². The third kappa shape index (κ3) is 3.37. The normalized spacial score (nSPS) is 20.2. The van der Waals surface area contributed by atoms with Crippen molar-refractivity contribution in [3.63, 3.8) is 0 Å². The smallest absolute Gasteiger partial charge is 0.241 e. The summed E-state index contributed by atoms with van der Waals surface area (Å²) in [6.45, 7) is 3.91. The molecule has 0 amide bonds. The molecule has 1 atom stereocenters. The highest BCUT2D eigenvalue weighted by Gasteiger charge is 2.26. The zero-order valence-corrected chi connectivity index (χ0v) is 12.9. The first kappa shape index (κ1) is 14.1. The Morgan fingerprint density at radius 1 is 1.35 bits per heavy atom. The molecule has 0 aromatic heterocycles. The molecule has 1 aliphatic heterocycles. The Morgan fingerprint density at radius 3 is 2.71 bits per heavy atom. The predicted molar refractivity (Wildman–Crippen MR) is 77.7 cm³/mol. The lowest BCUT2D eigenvalue weighted by atomic mass is 9.92. The molecule has 1 N–H and O–H groups in total. The predicted octanol–water partition coefficient (Wildman–Crippen LogP) is 4.97. The van der Waals surface area contributed by atoms with E-state index < -0.39 is 3.12 Å². The number of hydrogen-bond acceptors (Lipinski definition) is 2. The first-order valence-electron chi connectivity index (χ1n) is 5.16. The second-order valence-corrected chi connectivity index (χ2v) is 8.61. The SMILES string of the molecule is CC1CNCc2c1ccc(SC(Cl)(Cl)Cl)c2Cl. The first-order valence-corrected chi connectivity index (χ1v) is 7.49. The summed E-state index contributed by atoms with van der Waals surface area (Å²) in [7, 11) is 0. The molecular formula is C11H11Cl4NS. The van der Waals surface area contributed by atoms with Crippen LogP contribution in [0.4, 0.5) is 0 Å². The number of fused-ring (bicyclic) bond motifs is 1. The molecule has 0 saturated heterocycles. The van der Waals surface area contributed by atoms with Crippen molar-refractivity contribution in [2.75, 3.05) is 6.54 Å². The number of hydrogen-bond donors (Lipinski definition) is 1. The summed E-state index contributed by atoms with van der Waals surface area (Å²) in [4.78, 5) is 0.807. The molecule has 6 heteroatoms. The van der Waals surface area contributed by atoms with Crippen molar-refractivity contribution in [1.29, 1.82) is 0 Å². The second kappa shape index (κ2) is 5.36. The summed E-state index contributed by atoms with van der Waals surface area (Å²) in [5.74, 6) is 0.461. The van der Waals surface area contributed by atoms with Crippen molar-refractivity contribution in [2.24, 2.45) is 0 Å². The molecule has 94 valence electrons. The third-order valence-corrected chi connectivity index (χ3v) is 4.78. The van der Waals surface area contributed by atoms with Crippen molar-refractivity contribution in [2.45, 2.75) is 27.4 Å². The highest BCUT2D eigenvalue weighted by atomic mass is 35.6. The van der Waals surface area contributed by atoms with Gasteiger partial charge in [-0.05, 0) is 23.1 Å². The van der Waals surface area contributed by atoms with Crippen LogP contribution in [0.2, 0.25) is 5.02 Å². The minimum absolute atomic E-state index is 0.461. The molecule has 17 heavy (non-hydrogen) atoms. The Labute approximate surface area is 125 Å². The van der Waals surface area contributed by atoms with Gasteiger partial charge in [-0.15, -0.1) is 0 Å². The van der Waals surface area contributed by atoms with Crippen molar-refractivity contribution >= 4 is 58.2 Å². The van der Waals surface area contributed by atoms with Crippen LogP contribution < -0.4 is 5.32 Å². The van der Waals surface area contributed by atoms with E-state index in [0.717, 1.165) is 35.3 Å². The Hall–Kier alpha value is 0.690. The van der Waals surface area contributed by atoms with Crippen LogP contribution in [-0.2, 0) is 6.54 Å². The lowest BCUT2D eigenvalue weighted by Gasteiger charge is -2.25. The van der Waals surface area contributed by atoms with Gasteiger partial charge in [0.15, 0.2) is 0 Å². The molecule has 0 bridgehead atoms. The van der Waals surface area contributed by atoms with Crippen LogP contribution >= 0.6 is 58.2 Å². The van der Waals surface area contributed by atoms with Crippen molar-refractivity contribution in [3.8, 4) is 0 Å². The van der Waals surface area contributed by atoms with Gasteiger partial charge in [-0.3, -0.25) is 0 Å². The summed E-state index contributed by atoms with van der Waals surface area (Å²) in [6, 6.07) is 4.00. The second-order valence-electron chi connectivity index (χ2n) is 4.03. The molecule has 0 spiro atoms.